The van der Waals surface area contributed by atoms with E-state index in [1.54, 1.807) is 42.5 Å². The van der Waals surface area contributed by atoms with E-state index in [0.29, 0.717) is 29.7 Å². The monoisotopic (exact) mass is 479 g/mol. The van der Waals surface area contributed by atoms with Crippen molar-refractivity contribution in [3.05, 3.63) is 64.7 Å². The summed E-state index contributed by atoms with van der Waals surface area (Å²) < 4.78 is 0. The smallest absolute Gasteiger partial charge is 0.232 e. The van der Waals surface area contributed by atoms with Crippen LogP contribution in [0.15, 0.2) is 42.5 Å². The number of fused-ring (bicyclic) bond motifs is 4. The van der Waals surface area contributed by atoms with Gasteiger partial charge in [-0.05, 0) is 24.3 Å². The topological polar surface area (TPSA) is 80.3 Å². The summed E-state index contributed by atoms with van der Waals surface area (Å²) in [6, 6.07) is 11.6. The van der Waals surface area contributed by atoms with Crippen LogP contribution in [0.3, 0.4) is 0 Å². The number of nitrogens with one attached hydrogen (secondary N) is 1. The van der Waals surface area contributed by atoms with Gasteiger partial charge in [0.05, 0.1) is 21.5 Å². The SMILES string of the molecule is CC12CCC(C(=O)Nc3cccc4c3C(=O)c3ccccc3C4=O)(C(Br)C1=O)C2(C)C. The number of carbonyl (C=O) groups is 4. The molecule has 3 atom stereocenters. The summed E-state index contributed by atoms with van der Waals surface area (Å²) in [6.45, 7) is 5.89. The van der Waals surface area contributed by atoms with E-state index in [1.165, 1.54) is 0 Å². The van der Waals surface area contributed by atoms with Gasteiger partial charge < -0.3 is 5.32 Å². The van der Waals surface area contributed by atoms with Crippen LogP contribution in [0, 0.1) is 16.2 Å². The minimum atomic E-state index is -0.929. The lowest BCUT2D eigenvalue weighted by Crippen LogP contribution is -2.48. The number of hydrogen-bond donors (Lipinski definition) is 1. The van der Waals surface area contributed by atoms with Crippen LogP contribution >= 0.6 is 15.9 Å². The summed E-state index contributed by atoms with van der Waals surface area (Å²) in [4.78, 5) is 52.4. The molecule has 3 unspecified atom stereocenters. The highest BCUT2D eigenvalue weighted by Gasteiger charge is 2.76. The molecule has 3 aliphatic carbocycles. The first-order chi connectivity index (χ1) is 14.6. The van der Waals surface area contributed by atoms with Gasteiger partial charge in [0.1, 0.15) is 0 Å². The Morgan fingerprint density at radius 1 is 0.903 bits per heavy atom. The van der Waals surface area contributed by atoms with Gasteiger partial charge in [-0.15, -0.1) is 0 Å². The number of rotatable bonds is 2. The molecule has 0 saturated heterocycles. The minimum absolute atomic E-state index is 0.0502. The average Bonchev–Trinajstić information content (AvgIpc) is 3.03. The number of halogens is 1. The van der Waals surface area contributed by atoms with E-state index in [-0.39, 0.29) is 34.4 Å². The molecular weight excluding hydrogens is 458 g/mol. The van der Waals surface area contributed by atoms with E-state index in [9.17, 15) is 19.2 Å². The second-order valence-corrected chi connectivity index (χ2v) is 10.5. The van der Waals surface area contributed by atoms with Gasteiger partial charge in [0.25, 0.3) is 0 Å². The lowest BCUT2D eigenvalue weighted by Gasteiger charge is -2.39. The van der Waals surface area contributed by atoms with Gasteiger partial charge in [-0.3, -0.25) is 19.2 Å². The maximum Gasteiger partial charge on any atom is 0.232 e. The van der Waals surface area contributed by atoms with Crippen molar-refractivity contribution in [2.24, 2.45) is 16.2 Å². The Morgan fingerprint density at radius 3 is 2.13 bits per heavy atom. The van der Waals surface area contributed by atoms with Gasteiger partial charge in [0.15, 0.2) is 17.3 Å². The molecule has 0 aliphatic heterocycles. The Balaban J connectivity index is 1.59. The minimum Gasteiger partial charge on any atom is -0.325 e. The molecule has 0 aromatic heterocycles. The Morgan fingerprint density at radius 2 is 1.52 bits per heavy atom. The number of hydrogen-bond acceptors (Lipinski definition) is 4. The van der Waals surface area contributed by atoms with Crippen LogP contribution in [0.1, 0.15) is 65.5 Å². The molecule has 0 radical (unpaired) electrons. The highest BCUT2D eigenvalue weighted by atomic mass is 79.9. The molecule has 5 nitrogen and oxygen atoms in total. The van der Waals surface area contributed by atoms with Crippen LogP contribution in [0.25, 0.3) is 0 Å². The maximum absolute atomic E-state index is 13.7. The molecule has 0 heterocycles. The van der Waals surface area contributed by atoms with Crippen molar-refractivity contribution in [3.63, 3.8) is 0 Å². The van der Waals surface area contributed by atoms with Gasteiger partial charge in [-0.25, -0.2) is 0 Å². The second-order valence-electron chi connectivity index (χ2n) is 9.54. The van der Waals surface area contributed by atoms with E-state index >= 15 is 0 Å². The largest absolute Gasteiger partial charge is 0.325 e. The molecule has 1 amide bonds. The van der Waals surface area contributed by atoms with Crippen molar-refractivity contribution < 1.29 is 19.2 Å². The first kappa shape index (κ1) is 20.3. The highest BCUT2D eigenvalue weighted by Crippen LogP contribution is 2.72. The van der Waals surface area contributed by atoms with Gasteiger partial charge in [-0.2, -0.15) is 0 Å². The molecule has 3 aliphatic rings. The number of anilines is 1. The zero-order chi connectivity index (χ0) is 22.3. The van der Waals surface area contributed by atoms with Gasteiger partial charge in [0.2, 0.25) is 5.91 Å². The summed E-state index contributed by atoms with van der Waals surface area (Å²) in [5.41, 5.74) is -0.554. The van der Waals surface area contributed by atoms with Crippen LogP contribution < -0.4 is 5.32 Å². The third-order valence-electron chi connectivity index (χ3n) is 8.33. The molecule has 2 aromatic rings. The molecule has 6 heteroatoms. The fourth-order valence-corrected chi connectivity index (χ4v) is 7.45. The van der Waals surface area contributed by atoms with Crippen LogP contribution in [-0.4, -0.2) is 28.1 Å². The number of alkyl halides is 1. The molecular formula is C25H22BrNO4. The Bertz CT molecular complexity index is 1220. The van der Waals surface area contributed by atoms with E-state index in [4.69, 9.17) is 0 Å². The predicted molar refractivity (Wildman–Crippen MR) is 120 cm³/mol. The summed E-state index contributed by atoms with van der Waals surface area (Å²) in [7, 11) is 0. The maximum atomic E-state index is 13.7. The van der Waals surface area contributed by atoms with Crippen molar-refractivity contribution in [1.82, 2.24) is 0 Å². The summed E-state index contributed by atoms with van der Waals surface area (Å²) in [5, 5.41) is 2.94. The van der Waals surface area contributed by atoms with E-state index in [1.807, 2.05) is 20.8 Å². The van der Waals surface area contributed by atoms with Crippen molar-refractivity contribution in [2.75, 3.05) is 5.32 Å². The van der Waals surface area contributed by atoms with Crippen molar-refractivity contribution in [1.29, 1.82) is 0 Å². The Labute approximate surface area is 188 Å². The van der Waals surface area contributed by atoms with Gasteiger partial charge >= 0.3 is 0 Å². The van der Waals surface area contributed by atoms with Crippen molar-refractivity contribution in [3.8, 4) is 0 Å². The number of amides is 1. The first-order valence-electron chi connectivity index (χ1n) is 10.4. The zero-order valence-electron chi connectivity index (χ0n) is 17.5. The lowest BCUT2D eigenvalue weighted by molar-refractivity contribution is -0.130. The van der Waals surface area contributed by atoms with E-state index in [0.717, 1.165) is 0 Å². The third-order valence-corrected chi connectivity index (χ3v) is 9.52. The average molecular weight is 480 g/mol. The number of benzene rings is 2. The van der Waals surface area contributed by atoms with Gasteiger partial charge in [0, 0.05) is 22.1 Å². The third kappa shape index (κ3) is 2.21. The standard InChI is InChI=1S/C25H22BrNO4/c1-23(2)24(3)11-12-25(23,20(26)21(24)30)22(31)27-16-10-6-9-15-17(16)19(29)14-8-5-4-7-13(14)18(15)28/h4-10,20H,11-12H2,1-3H3,(H,27,31). The van der Waals surface area contributed by atoms with Gasteiger partial charge in [-0.1, -0.05) is 73.1 Å². The number of ketones is 3. The fourth-order valence-electron chi connectivity index (χ4n) is 5.94. The quantitative estimate of drug-likeness (QED) is 0.546. The lowest BCUT2D eigenvalue weighted by atomic mass is 9.64. The summed E-state index contributed by atoms with van der Waals surface area (Å²) in [5.74, 6) is -0.759. The van der Waals surface area contributed by atoms with Crippen molar-refractivity contribution in [2.45, 2.75) is 38.4 Å². The molecule has 1 N–H and O–H groups in total. The Kier molecular flexibility index (Phi) is 4.08. The fraction of sp³-hybridized carbons (Fsp3) is 0.360. The van der Waals surface area contributed by atoms with Crippen LogP contribution in [-0.2, 0) is 9.59 Å². The van der Waals surface area contributed by atoms with Crippen LogP contribution in [0.5, 0.6) is 0 Å². The van der Waals surface area contributed by atoms with E-state index < -0.39 is 21.1 Å². The molecule has 2 saturated carbocycles. The molecule has 2 aromatic carbocycles. The van der Waals surface area contributed by atoms with Crippen molar-refractivity contribution >= 4 is 44.9 Å². The molecule has 158 valence electrons. The second kappa shape index (κ2) is 6.22. The molecule has 2 bridgehead atoms. The summed E-state index contributed by atoms with van der Waals surface area (Å²) in [6.07, 6.45) is 1.22. The number of Topliss-reactive ketones (excluding diaryl/α,β-unsaturated/α-hetero) is 1. The summed E-state index contributed by atoms with van der Waals surface area (Å²) >= 11 is 3.53. The zero-order valence-corrected chi connectivity index (χ0v) is 19.1. The van der Waals surface area contributed by atoms with Crippen LogP contribution in [0.2, 0.25) is 0 Å². The molecule has 31 heavy (non-hydrogen) atoms. The molecule has 2 fully saturated rings. The predicted octanol–water partition coefficient (Wildman–Crippen LogP) is 4.56. The normalized spacial score (nSPS) is 30.2. The van der Waals surface area contributed by atoms with Crippen LogP contribution in [0.4, 0.5) is 5.69 Å². The Hall–Kier alpha value is -2.60. The van der Waals surface area contributed by atoms with E-state index in [2.05, 4.69) is 21.2 Å². The number of carbonyl (C=O) groups excluding carboxylic acids is 4. The molecule has 0 spiro atoms. The first-order valence-corrected chi connectivity index (χ1v) is 11.3. The highest BCUT2D eigenvalue weighted by molar-refractivity contribution is 9.10. The molecule has 5 rings (SSSR count).